The van der Waals surface area contributed by atoms with E-state index in [1.165, 1.54) is 0 Å². The molecule has 0 saturated carbocycles. The van der Waals surface area contributed by atoms with E-state index in [0.29, 0.717) is 37.5 Å². The predicted octanol–water partition coefficient (Wildman–Crippen LogP) is 1.30. The first-order valence-electron chi connectivity index (χ1n) is 7.23. The first-order chi connectivity index (χ1) is 9.74. The van der Waals surface area contributed by atoms with Crippen LogP contribution in [0.15, 0.2) is 0 Å². The number of aliphatic hydroxyl groups excluding tert-OH is 1. The summed E-state index contributed by atoms with van der Waals surface area (Å²) in [5, 5.41) is 12.1. The number of nitrogens with one attached hydrogen (secondary N) is 1. The SMILES string of the molecule is CCCNc1nc(OCC)nc(N(CC)CCCO)n1. The molecule has 0 aliphatic rings. The maximum atomic E-state index is 8.95. The molecule has 20 heavy (non-hydrogen) atoms. The van der Waals surface area contributed by atoms with E-state index in [1.54, 1.807) is 0 Å². The molecule has 1 heterocycles. The Bertz CT molecular complexity index is 389. The van der Waals surface area contributed by atoms with Gasteiger partial charge in [0.25, 0.3) is 0 Å². The second-order valence-corrected chi connectivity index (χ2v) is 4.26. The van der Waals surface area contributed by atoms with Gasteiger partial charge in [-0.05, 0) is 26.7 Å². The Kier molecular flexibility index (Phi) is 7.64. The Morgan fingerprint density at radius 1 is 1.20 bits per heavy atom. The number of anilines is 2. The molecule has 7 heteroatoms. The van der Waals surface area contributed by atoms with Crippen LogP contribution < -0.4 is 15.0 Å². The van der Waals surface area contributed by atoms with E-state index in [4.69, 9.17) is 9.84 Å². The molecule has 0 unspecified atom stereocenters. The van der Waals surface area contributed by atoms with Gasteiger partial charge in [0.15, 0.2) is 0 Å². The van der Waals surface area contributed by atoms with Crippen LogP contribution in [0.3, 0.4) is 0 Å². The molecule has 0 atom stereocenters. The van der Waals surface area contributed by atoms with Gasteiger partial charge in [-0.15, -0.1) is 0 Å². The number of nitrogens with zero attached hydrogens (tertiary/aromatic N) is 4. The fourth-order valence-corrected chi connectivity index (χ4v) is 1.66. The Labute approximate surface area is 120 Å². The third-order valence-corrected chi connectivity index (χ3v) is 2.66. The van der Waals surface area contributed by atoms with Crippen molar-refractivity contribution in [1.29, 1.82) is 0 Å². The summed E-state index contributed by atoms with van der Waals surface area (Å²) in [6, 6.07) is 0.332. The fraction of sp³-hybridized carbons (Fsp3) is 0.769. The van der Waals surface area contributed by atoms with E-state index >= 15 is 0 Å². The summed E-state index contributed by atoms with van der Waals surface area (Å²) < 4.78 is 5.39. The molecule has 0 spiro atoms. The molecule has 1 rings (SSSR count). The van der Waals surface area contributed by atoms with Gasteiger partial charge in [0.05, 0.1) is 6.61 Å². The highest BCUT2D eigenvalue weighted by Crippen LogP contribution is 2.15. The normalized spacial score (nSPS) is 10.4. The number of aromatic nitrogens is 3. The van der Waals surface area contributed by atoms with E-state index in [2.05, 4.69) is 27.2 Å². The molecular weight excluding hydrogens is 258 g/mol. The molecule has 0 aliphatic heterocycles. The van der Waals surface area contributed by atoms with Crippen LogP contribution in [0.1, 0.15) is 33.6 Å². The Balaban J connectivity index is 2.92. The molecule has 114 valence electrons. The number of ether oxygens (including phenoxy) is 1. The van der Waals surface area contributed by atoms with Crippen LogP contribution in [0.25, 0.3) is 0 Å². The highest BCUT2D eigenvalue weighted by Gasteiger charge is 2.12. The van der Waals surface area contributed by atoms with Crippen LogP contribution in [0.4, 0.5) is 11.9 Å². The maximum absolute atomic E-state index is 8.95. The average molecular weight is 283 g/mol. The largest absolute Gasteiger partial charge is 0.464 e. The highest BCUT2D eigenvalue weighted by molar-refractivity contribution is 5.38. The summed E-state index contributed by atoms with van der Waals surface area (Å²) in [5.74, 6) is 1.11. The van der Waals surface area contributed by atoms with Crippen LogP contribution in [-0.4, -0.2) is 52.9 Å². The Morgan fingerprint density at radius 2 is 2.00 bits per heavy atom. The lowest BCUT2D eigenvalue weighted by atomic mass is 10.4. The van der Waals surface area contributed by atoms with Crippen LogP contribution in [0.2, 0.25) is 0 Å². The number of hydrogen-bond acceptors (Lipinski definition) is 7. The number of hydrogen-bond donors (Lipinski definition) is 2. The van der Waals surface area contributed by atoms with Crippen molar-refractivity contribution < 1.29 is 9.84 Å². The van der Waals surface area contributed by atoms with E-state index < -0.39 is 0 Å². The zero-order valence-corrected chi connectivity index (χ0v) is 12.6. The van der Waals surface area contributed by atoms with Crippen molar-refractivity contribution in [3.05, 3.63) is 0 Å². The first-order valence-corrected chi connectivity index (χ1v) is 7.23. The van der Waals surface area contributed by atoms with E-state index in [-0.39, 0.29) is 6.61 Å². The van der Waals surface area contributed by atoms with Gasteiger partial charge < -0.3 is 20.1 Å². The summed E-state index contributed by atoms with van der Waals surface area (Å²) in [7, 11) is 0. The molecule has 1 aromatic rings. The van der Waals surface area contributed by atoms with Crippen molar-refractivity contribution in [2.45, 2.75) is 33.6 Å². The predicted molar refractivity (Wildman–Crippen MR) is 79.4 cm³/mol. The molecule has 0 radical (unpaired) electrons. The summed E-state index contributed by atoms with van der Waals surface area (Å²) >= 11 is 0. The zero-order chi connectivity index (χ0) is 14.8. The van der Waals surface area contributed by atoms with Crippen molar-refractivity contribution >= 4 is 11.9 Å². The molecule has 0 aliphatic carbocycles. The first kappa shape index (κ1) is 16.4. The van der Waals surface area contributed by atoms with Crippen LogP contribution in [-0.2, 0) is 0 Å². The Hall–Kier alpha value is -1.63. The molecule has 0 saturated heterocycles. The lowest BCUT2D eigenvalue weighted by molar-refractivity contribution is 0.289. The van der Waals surface area contributed by atoms with Gasteiger partial charge in [0.2, 0.25) is 11.9 Å². The Morgan fingerprint density at radius 3 is 2.60 bits per heavy atom. The summed E-state index contributed by atoms with van der Waals surface area (Å²) in [6.07, 6.45) is 1.67. The minimum atomic E-state index is 0.154. The third kappa shape index (κ3) is 5.16. The van der Waals surface area contributed by atoms with Gasteiger partial charge in [0.1, 0.15) is 0 Å². The van der Waals surface area contributed by atoms with Crippen molar-refractivity contribution in [3.63, 3.8) is 0 Å². The molecule has 2 N–H and O–H groups in total. The molecule has 0 amide bonds. The maximum Gasteiger partial charge on any atom is 0.323 e. The summed E-state index contributed by atoms with van der Waals surface area (Å²) in [5.41, 5.74) is 0. The van der Waals surface area contributed by atoms with Crippen molar-refractivity contribution in [2.24, 2.45) is 0 Å². The van der Waals surface area contributed by atoms with E-state index in [0.717, 1.165) is 19.5 Å². The van der Waals surface area contributed by atoms with Crippen LogP contribution in [0.5, 0.6) is 6.01 Å². The molecule has 0 fully saturated rings. The molecule has 0 aromatic carbocycles. The fourth-order valence-electron chi connectivity index (χ4n) is 1.66. The van der Waals surface area contributed by atoms with Gasteiger partial charge in [-0.3, -0.25) is 0 Å². The van der Waals surface area contributed by atoms with Gasteiger partial charge in [0, 0.05) is 26.2 Å². The quantitative estimate of drug-likeness (QED) is 0.669. The molecular formula is C13H25N5O2. The van der Waals surface area contributed by atoms with Crippen molar-refractivity contribution in [2.75, 3.05) is 43.1 Å². The number of aliphatic hydroxyl groups is 1. The third-order valence-electron chi connectivity index (χ3n) is 2.66. The van der Waals surface area contributed by atoms with Crippen molar-refractivity contribution in [1.82, 2.24) is 15.0 Å². The second kappa shape index (κ2) is 9.30. The second-order valence-electron chi connectivity index (χ2n) is 4.26. The highest BCUT2D eigenvalue weighted by atomic mass is 16.5. The minimum Gasteiger partial charge on any atom is -0.464 e. The van der Waals surface area contributed by atoms with Gasteiger partial charge in [-0.2, -0.15) is 15.0 Å². The topological polar surface area (TPSA) is 83.4 Å². The smallest absolute Gasteiger partial charge is 0.323 e. The van der Waals surface area contributed by atoms with Crippen molar-refractivity contribution in [3.8, 4) is 6.01 Å². The van der Waals surface area contributed by atoms with Crippen LogP contribution >= 0.6 is 0 Å². The molecule has 1 aromatic heterocycles. The molecule has 7 nitrogen and oxygen atoms in total. The molecule has 0 bridgehead atoms. The summed E-state index contributed by atoms with van der Waals surface area (Å²) in [4.78, 5) is 14.9. The van der Waals surface area contributed by atoms with Gasteiger partial charge in [-0.25, -0.2) is 0 Å². The minimum absolute atomic E-state index is 0.154. The monoisotopic (exact) mass is 283 g/mol. The van der Waals surface area contributed by atoms with Crippen LogP contribution in [0, 0.1) is 0 Å². The van der Waals surface area contributed by atoms with E-state index in [1.807, 2.05) is 18.7 Å². The lowest BCUT2D eigenvalue weighted by Gasteiger charge is -2.21. The lowest BCUT2D eigenvalue weighted by Crippen LogP contribution is -2.27. The zero-order valence-electron chi connectivity index (χ0n) is 12.6. The van der Waals surface area contributed by atoms with E-state index in [9.17, 15) is 0 Å². The van der Waals surface area contributed by atoms with Gasteiger partial charge in [-0.1, -0.05) is 6.92 Å². The standard InChI is InChI=1S/C13H25N5O2/c1-4-8-14-11-15-12(17-13(16-11)20-6-3)18(5-2)9-7-10-19/h19H,4-10H2,1-3H3,(H,14,15,16,17). The average Bonchev–Trinajstić information content (AvgIpc) is 2.46. The van der Waals surface area contributed by atoms with Gasteiger partial charge >= 0.3 is 6.01 Å². The summed E-state index contributed by atoms with van der Waals surface area (Å²) in [6.45, 7) is 8.95. The number of rotatable bonds is 10.